The molecule has 178 valence electrons. The zero-order valence-electron chi connectivity index (χ0n) is 20.8. The Balaban J connectivity index is 0.000000133. The minimum absolute atomic E-state index is 0.882. The summed E-state index contributed by atoms with van der Waals surface area (Å²) in [6.45, 7) is 0.882. The molecule has 0 spiro atoms. The van der Waals surface area contributed by atoms with Crippen molar-refractivity contribution in [1.82, 2.24) is 0 Å². The van der Waals surface area contributed by atoms with Crippen LogP contribution in [0.25, 0.3) is 27.6 Å². The molecule has 0 amide bonds. The fraction of sp³-hybridized carbons (Fsp3) is 0.176. The quantitative estimate of drug-likeness (QED) is 0.240. The van der Waals surface area contributed by atoms with E-state index in [9.17, 15) is 0 Å². The van der Waals surface area contributed by atoms with E-state index in [1.165, 1.54) is 58.4 Å². The maximum absolute atomic E-state index is 5.41. The number of ether oxygens (including phenoxy) is 1. The molecule has 2 heteroatoms. The van der Waals surface area contributed by atoms with Crippen molar-refractivity contribution in [2.45, 2.75) is 32.2 Å². The number of rotatable bonds is 2. The Morgan fingerprint density at radius 3 is 2.36 bits per heavy atom. The van der Waals surface area contributed by atoms with Crippen LogP contribution in [0.4, 0.5) is 5.69 Å². The third kappa shape index (κ3) is 4.24. The van der Waals surface area contributed by atoms with Gasteiger partial charge in [-0.25, -0.2) is 0 Å². The van der Waals surface area contributed by atoms with Crippen LogP contribution in [0.15, 0.2) is 103 Å². The predicted octanol–water partition coefficient (Wildman–Crippen LogP) is 8.56. The SMILES string of the molecule is COc1ccccc1N1C=Cc2ccccc2C1.c1ccc2c(c1)ccc1c3c(ccc12)CCCC3. The summed E-state index contributed by atoms with van der Waals surface area (Å²) in [6.07, 6.45) is 9.47. The van der Waals surface area contributed by atoms with Crippen LogP contribution in [0.5, 0.6) is 5.75 Å². The number of hydrogen-bond donors (Lipinski definition) is 0. The predicted molar refractivity (Wildman–Crippen MR) is 153 cm³/mol. The fourth-order valence-corrected chi connectivity index (χ4v) is 5.62. The first-order valence-corrected chi connectivity index (χ1v) is 12.9. The molecule has 0 saturated heterocycles. The number of benzene rings is 5. The molecule has 1 heterocycles. The highest BCUT2D eigenvalue weighted by Gasteiger charge is 2.15. The van der Waals surface area contributed by atoms with Gasteiger partial charge >= 0.3 is 0 Å². The van der Waals surface area contributed by atoms with Crippen LogP contribution in [0, 0.1) is 0 Å². The first-order valence-electron chi connectivity index (χ1n) is 12.9. The molecular formula is C34H31NO. The minimum Gasteiger partial charge on any atom is -0.495 e. The third-order valence-corrected chi connectivity index (χ3v) is 7.48. The van der Waals surface area contributed by atoms with E-state index >= 15 is 0 Å². The Morgan fingerprint density at radius 2 is 1.42 bits per heavy atom. The van der Waals surface area contributed by atoms with Gasteiger partial charge in [-0.3, -0.25) is 0 Å². The monoisotopic (exact) mass is 469 g/mol. The van der Waals surface area contributed by atoms with Crippen molar-refractivity contribution < 1.29 is 4.74 Å². The molecular weight excluding hydrogens is 438 g/mol. The average Bonchev–Trinajstić information content (AvgIpc) is 2.97. The second-order valence-corrected chi connectivity index (χ2v) is 9.61. The van der Waals surface area contributed by atoms with Crippen molar-refractivity contribution in [2.24, 2.45) is 0 Å². The van der Waals surface area contributed by atoms with Crippen LogP contribution in [0.1, 0.15) is 35.1 Å². The lowest BCUT2D eigenvalue weighted by molar-refractivity contribution is 0.415. The molecule has 0 radical (unpaired) electrons. The first kappa shape index (κ1) is 22.4. The van der Waals surface area contributed by atoms with Gasteiger partial charge in [0.2, 0.25) is 0 Å². The van der Waals surface area contributed by atoms with Crippen LogP contribution < -0.4 is 9.64 Å². The van der Waals surface area contributed by atoms with E-state index in [4.69, 9.17) is 4.74 Å². The van der Waals surface area contributed by atoms with Gasteiger partial charge in [0.1, 0.15) is 5.75 Å². The number of fused-ring (bicyclic) bond motifs is 6. The highest BCUT2D eigenvalue weighted by Crippen LogP contribution is 2.34. The molecule has 7 rings (SSSR count). The Hall–Kier alpha value is -4.04. The van der Waals surface area contributed by atoms with E-state index < -0.39 is 0 Å². The lowest BCUT2D eigenvalue weighted by Crippen LogP contribution is -2.19. The Morgan fingerprint density at radius 1 is 0.639 bits per heavy atom. The van der Waals surface area contributed by atoms with E-state index in [1.54, 1.807) is 18.2 Å². The summed E-state index contributed by atoms with van der Waals surface area (Å²) in [5.74, 6) is 0.904. The standard InChI is InChI=1S/C18H16.C16H15NO/c1-3-7-15-13(5-1)9-11-18-16-8-4-2-6-14(16)10-12-17(15)18;1-18-16-9-5-4-8-15(16)17-11-10-13-6-2-3-7-14(13)12-17/h1,3,5,7,9-12H,2,4,6,8H2;2-11H,12H2,1H3. The molecule has 1 aliphatic carbocycles. The Bertz CT molecular complexity index is 1560. The first-order chi connectivity index (χ1) is 17.8. The van der Waals surface area contributed by atoms with Crippen LogP contribution in [-0.4, -0.2) is 7.11 Å². The normalized spacial score (nSPS) is 14.1. The van der Waals surface area contributed by atoms with Crippen molar-refractivity contribution >= 4 is 33.3 Å². The van der Waals surface area contributed by atoms with Crippen molar-refractivity contribution in [3.05, 3.63) is 126 Å². The molecule has 0 aromatic heterocycles. The molecule has 2 aliphatic rings. The summed E-state index contributed by atoms with van der Waals surface area (Å²) in [5.41, 5.74) is 6.91. The van der Waals surface area contributed by atoms with Crippen molar-refractivity contribution in [1.29, 1.82) is 0 Å². The molecule has 0 saturated carbocycles. The summed E-state index contributed by atoms with van der Waals surface area (Å²) in [4.78, 5) is 2.21. The van der Waals surface area contributed by atoms with Crippen molar-refractivity contribution in [3.8, 4) is 5.75 Å². The van der Waals surface area contributed by atoms with Gasteiger partial charge in [0.05, 0.1) is 12.8 Å². The van der Waals surface area contributed by atoms with Crippen LogP contribution in [0.2, 0.25) is 0 Å². The number of para-hydroxylation sites is 2. The average molecular weight is 470 g/mol. The van der Waals surface area contributed by atoms with E-state index in [0.717, 1.165) is 18.0 Å². The summed E-state index contributed by atoms with van der Waals surface area (Å²) in [6, 6.07) is 34.5. The van der Waals surface area contributed by atoms with E-state index in [2.05, 4.69) is 96.0 Å². The molecule has 36 heavy (non-hydrogen) atoms. The number of aryl methyl sites for hydroxylation is 2. The maximum Gasteiger partial charge on any atom is 0.142 e. The van der Waals surface area contributed by atoms with Crippen LogP contribution >= 0.6 is 0 Å². The third-order valence-electron chi connectivity index (χ3n) is 7.48. The van der Waals surface area contributed by atoms with Crippen LogP contribution in [0.3, 0.4) is 0 Å². The van der Waals surface area contributed by atoms with Gasteiger partial charge in [-0.1, -0.05) is 84.9 Å². The van der Waals surface area contributed by atoms with Crippen molar-refractivity contribution in [2.75, 3.05) is 12.0 Å². The molecule has 0 unspecified atom stereocenters. The lowest BCUT2D eigenvalue weighted by Gasteiger charge is -2.26. The summed E-state index contributed by atoms with van der Waals surface area (Å²) < 4.78 is 5.41. The summed E-state index contributed by atoms with van der Waals surface area (Å²) in [7, 11) is 1.71. The molecule has 1 aliphatic heterocycles. The highest BCUT2D eigenvalue weighted by molar-refractivity contribution is 6.08. The van der Waals surface area contributed by atoms with Gasteiger partial charge in [-0.05, 0) is 87.7 Å². The summed E-state index contributed by atoms with van der Waals surface area (Å²) >= 11 is 0. The van der Waals surface area contributed by atoms with Gasteiger partial charge < -0.3 is 9.64 Å². The smallest absolute Gasteiger partial charge is 0.142 e. The number of anilines is 1. The number of nitrogens with zero attached hydrogens (tertiary/aromatic N) is 1. The van der Waals surface area contributed by atoms with Gasteiger partial charge in [0, 0.05) is 12.7 Å². The molecule has 5 aromatic carbocycles. The molecule has 2 nitrogen and oxygen atoms in total. The second-order valence-electron chi connectivity index (χ2n) is 9.61. The zero-order valence-corrected chi connectivity index (χ0v) is 20.8. The Labute approximate surface area is 213 Å². The van der Waals surface area contributed by atoms with E-state index in [-0.39, 0.29) is 0 Å². The highest BCUT2D eigenvalue weighted by atomic mass is 16.5. The van der Waals surface area contributed by atoms with E-state index in [1.807, 2.05) is 18.2 Å². The Kier molecular flexibility index (Phi) is 6.17. The van der Waals surface area contributed by atoms with Gasteiger partial charge in [0.15, 0.2) is 0 Å². The number of hydrogen-bond acceptors (Lipinski definition) is 2. The molecule has 0 bridgehead atoms. The lowest BCUT2D eigenvalue weighted by atomic mass is 9.86. The van der Waals surface area contributed by atoms with Gasteiger partial charge in [-0.2, -0.15) is 0 Å². The van der Waals surface area contributed by atoms with Crippen LogP contribution in [-0.2, 0) is 19.4 Å². The molecule has 0 atom stereocenters. The largest absolute Gasteiger partial charge is 0.495 e. The molecule has 5 aromatic rings. The fourth-order valence-electron chi connectivity index (χ4n) is 5.62. The minimum atomic E-state index is 0.882. The number of methoxy groups -OCH3 is 1. The zero-order chi connectivity index (χ0) is 24.3. The van der Waals surface area contributed by atoms with E-state index in [0.29, 0.717) is 0 Å². The van der Waals surface area contributed by atoms with Gasteiger partial charge in [0.25, 0.3) is 0 Å². The summed E-state index contributed by atoms with van der Waals surface area (Å²) in [5, 5.41) is 5.64. The van der Waals surface area contributed by atoms with Gasteiger partial charge in [-0.15, -0.1) is 0 Å². The second kappa shape index (κ2) is 9.91. The topological polar surface area (TPSA) is 12.5 Å². The molecule has 0 fully saturated rings. The molecule has 0 N–H and O–H groups in total. The maximum atomic E-state index is 5.41. The van der Waals surface area contributed by atoms with Crippen molar-refractivity contribution in [3.63, 3.8) is 0 Å².